The number of hydrogen-bond acceptors (Lipinski definition) is 3. The molecule has 0 aliphatic heterocycles. The number of rotatable bonds is 3. The molecule has 1 atom stereocenters. The number of carboxylic acid groups (broad SMARTS) is 1. The van der Waals surface area contributed by atoms with Crippen LogP contribution in [-0.2, 0) is 4.79 Å². The molecule has 0 aliphatic carbocycles. The predicted molar refractivity (Wildman–Crippen MR) is 51.3 cm³/mol. The zero-order valence-electron chi connectivity index (χ0n) is 8.91. The summed E-state index contributed by atoms with van der Waals surface area (Å²) in [5.74, 6) is -0.731. The van der Waals surface area contributed by atoms with Crippen LogP contribution in [0.25, 0.3) is 0 Å². The van der Waals surface area contributed by atoms with Crippen LogP contribution in [-0.4, -0.2) is 12.1 Å². The maximum absolute atomic E-state index is 10.4. The molecule has 0 aliphatic rings. The fraction of sp³-hybridized carbons (Fsp3) is 0.300. The van der Waals surface area contributed by atoms with Gasteiger partial charge in [0.25, 0.3) is 0 Å². The Morgan fingerprint density at radius 2 is 2.13 bits per heavy atom. The Hall–Kier alpha value is -0.623. The van der Waals surface area contributed by atoms with Gasteiger partial charge in [-0.15, -0.1) is 0 Å². The molecule has 0 heterocycles. The van der Waals surface area contributed by atoms with Gasteiger partial charge in [0.2, 0.25) is 0 Å². The summed E-state index contributed by atoms with van der Waals surface area (Å²) in [5, 5.41) is 11.0. The van der Waals surface area contributed by atoms with Gasteiger partial charge in [0.1, 0.15) is 11.9 Å². The standard InChI is InChI=1S/C10H11ClO3.Li/c1-6-5-8(11)3-4-9(6)14-7(2)10(12)13;/h3-5,7H,1-2H3,(H,12,13);/q;+1/p-1. The SMILES string of the molecule is Cc1cc(Cl)ccc1OC(C)C(=O)[O-].[Li+]. The molecule has 0 aromatic heterocycles. The van der Waals surface area contributed by atoms with Crippen molar-refractivity contribution in [2.45, 2.75) is 20.0 Å². The third kappa shape index (κ3) is 4.17. The summed E-state index contributed by atoms with van der Waals surface area (Å²) in [6.07, 6.45) is -0.963. The zero-order chi connectivity index (χ0) is 10.7. The van der Waals surface area contributed by atoms with Crippen LogP contribution in [0.5, 0.6) is 5.75 Å². The van der Waals surface area contributed by atoms with Crippen LogP contribution < -0.4 is 28.7 Å². The van der Waals surface area contributed by atoms with Crippen molar-refractivity contribution in [1.82, 2.24) is 0 Å². The molecule has 5 heteroatoms. The van der Waals surface area contributed by atoms with Crippen LogP contribution >= 0.6 is 11.6 Å². The van der Waals surface area contributed by atoms with E-state index in [2.05, 4.69) is 0 Å². The van der Waals surface area contributed by atoms with Gasteiger partial charge in [0.05, 0.1) is 5.97 Å². The maximum Gasteiger partial charge on any atom is 1.00 e. The second-order valence-electron chi connectivity index (χ2n) is 2.99. The summed E-state index contributed by atoms with van der Waals surface area (Å²) in [5.41, 5.74) is 0.797. The molecule has 15 heavy (non-hydrogen) atoms. The van der Waals surface area contributed by atoms with Gasteiger partial charge < -0.3 is 14.6 Å². The van der Waals surface area contributed by atoms with Gasteiger partial charge >= 0.3 is 18.9 Å². The summed E-state index contributed by atoms with van der Waals surface area (Å²) >= 11 is 5.73. The summed E-state index contributed by atoms with van der Waals surface area (Å²) in [6.45, 7) is 3.21. The van der Waals surface area contributed by atoms with Crippen molar-refractivity contribution in [3.8, 4) is 5.75 Å². The van der Waals surface area contributed by atoms with Gasteiger partial charge in [-0.1, -0.05) is 11.6 Å². The van der Waals surface area contributed by atoms with Crippen LogP contribution in [0, 0.1) is 6.92 Å². The minimum atomic E-state index is -1.24. The number of aryl methyl sites for hydroxylation is 1. The maximum atomic E-state index is 10.4. The molecule has 0 radical (unpaired) electrons. The van der Waals surface area contributed by atoms with Gasteiger partial charge in [0.15, 0.2) is 0 Å². The number of benzene rings is 1. The van der Waals surface area contributed by atoms with Gasteiger partial charge in [-0.25, -0.2) is 0 Å². The minimum Gasteiger partial charge on any atom is -0.546 e. The normalized spacial score (nSPS) is 11.4. The summed E-state index contributed by atoms with van der Waals surface area (Å²) < 4.78 is 5.14. The van der Waals surface area contributed by atoms with E-state index in [-0.39, 0.29) is 18.9 Å². The van der Waals surface area contributed by atoms with Crippen LogP contribution in [0.15, 0.2) is 18.2 Å². The van der Waals surface area contributed by atoms with Gasteiger partial charge in [0, 0.05) is 5.02 Å². The first-order valence-electron chi connectivity index (χ1n) is 4.14. The van der Waals surface area contributed by atoms with E-state index >= 15 is 0 Å². The van der Waals surface area contributed by atoms with Gasteiger partial charge in [-0.3, -0.25) is 0 Å². The van der Waals surface area contributed by atoms with E-state index in [1.165, 1.54) is 6.92 Å². The Morgan fingerprint density at radius 3 is 2.60 bits per heavy atom. The molecule has 0 amide bonds. The van der Waals surface area contributed by atoms with E-state index in [4.69, 9.17) is 16.3 Å². The van der Waals surface area contributed by atoms with Crippen LogP contribution in [0.4, 0.5) is 0 Å². The molecule has 1 aromatic carbocycles. The molecule has 76 valence electrons. The zero-order valence-corrected chi connectivity index (χ0v) is 9.67. The molecule has 1 unspecified atom stereocenters. The first kappa shape index (κ1) is 14.4. The van der Waals surface area contributed by atoms with Crippen molar-refractivity contribution in [3.05, 3.63) is 28.8 Å². The van der Waals surface area contributed by atoms with Crippen molar-refractivity contribution in [1.29, 1.82) is 0 Å². The summed E-state index contributed by atoms with van der Waals surface area (Å²) in [6, 6.07) is 4.99. The monoisotopic (exact) mass is 220 g/mol. The average molecular weight is 221 g/mol. The number of halogens is 1. The average Bonchev–Trinajstić information content (AvgIpc) is 2.09. The minimum absolute atomic E-state index is 0. The largest absolute Gasteiger partial charge is 1.00 e. The summed E-state index contributed by atoms with van der Waals surface area (Å²) in [7, 11) is 0. The second kappa shape index (κ2) is 6.07. The van der Waals surface area contributed by atoms with E-state index in [0.29, 0.717) is 10.8 Å². The van der Waals surface area contributed by atoms with Crippen molar-refractivity contribution in [2.75, 3.05) is 0 Å². The molecule has 0 saturated carbocycles. The van der Waals surface area contributed by atoms with Crippen molar-refractivity contribution in [3.63, 3.8) is 0 Å². The number of ether oxygens (including phenoxy) is 1. The first-order valence-corrected chi connectivity index (χ1v) is 4.52. The Kier molecular flexibility index (Phi) is 5.82. The molecule has 1 aromatic rings. The third-order valence-corrected chi connectivity index (χ3v) is 2.01. The number of carbonyl (C=O) groups excluding carboxylic acids is 1. The van der Waals surface area contributed by atoms with E-state index in [9.17, 15) is 9.90 Å². The van der Waals surface area contributed by atoms with E-state index < -0.39 is 12.1 Å². The van der Waals surface area contributed by atoms with Gasteiger partial charge in [-0.05, 0) is 37.6 Å². The molecular weight excluding hydrogens is 211 g/mol. The van der Waals surface area contributed by atoms with Gasteiger partial charge in [-0.2, -0.15) is 0 Å². The van der Waals surface area contributed by atoms with Crippen LogP contribution in [0.2, 0.25) is 5.02 Å². The van der Waals surface area contributed by atoms with E-state index in [0.717, 1.165) is 5.56 Å². The molecule has 0 N–H and O–H groups in total. The Balaban J connectivity index is 0.00000196. The first-order chi connectivity index (χ1) is 6.50. The number of hydrogen-bond donors (Lipinski definition) is 0. The smallest absolute Gasteiger partial charge is 0.546 e. The van der Waals surface area contributed by atoms with Crippen molar-refractivity contribution in [2.24, 2.45) is 0 Å². The predicted octanol–water partition coefficient (Wildman–Crippen LogP) is -1.83. The third-order valence-electron chi connectivity index (χ3n) is 1.77. The van der Waals surface area contributed by atoms with Crippen LogP contribution in [0.3, 0.4) is 0 Å². The fourth-order valence-electron chi connectivity index (χ4n) is 0.984. The molecule has 1 rings (SSSR count). The molecule has 0 saturated heterocycles. The topological polar surface area (TPSA) is 49.4 Å². The fourth-order valence-corrected chi connectivity index (χ4v) is 1.21. The number of carbonyl (C=O) groups is 1. The number of aliphatic carboxylic acids is 1. The molecular formula is C10H10ClLiO3. The van der Waals surface area contributed by atoms with Crippen molar-refractivity contribution < 1.29 is 33.5 Å². The molecule has 0 spiro atoms. The molecule has 0 bridgehead atoms. The summed E-state index contributed by atoms with van der Waals surface area (Å²) in [4.78, 5) is 10.4. The van der Waals surface area contributed by atoms with Crippen LogP contribution in [0.1, 0.15) is 12.5 Å². The van der Waals surface area contributed by atoms with Crippen molar-refractivity contribution >= 4 is 17.6 Å². The Morgan fingerprint density at radius 1 is 1.53 bits per heavy atom. The Bertz CT molecular complexity index is 355. The molecule has 3 nitrogen and oxygen atoms in total. The molecule has 0 fully saturated rings. The quantitative estimate of drug-likeness (QED) is 0.563. The second-order valence-corrected chi connectivity index (χ2v) is 3.43. The number of carboxylic acids is 1. The Labute approximate surface area is 106 Å². The van der Waals surface area contributed by atoms with E-state index in [1.807, 2.05) is 0 Å². The van der Waals surface area contributed by atoms with E-state index in [1.54, 1.807) is 25.1 Å².